The van der Waals surface area contributed by atoms with E-state index >= 15 is 0 Å². The highest BCUT2D eigenvalue weighted by Gasteiger charge is 1.91. The summed E-state index contributed by atoms with van der Waals surface area (Å²) in [6.45, 7) is 9.34. The fourth-order valence-corrected chi connectivity index (χ4v) is 1.54. The van der Waals surface area contributed by atoms with E-state index in [-0.39, 0.29) is 0 Å². The molecule has 1 nitrogen and oxygen atoms in total. The van der Waals surface area contributed by atoms with Crippen LogP contribution in [0.3, 0.4) is 0 Å². The lowest BCUT2D eigenvalue weighted by molar-refractivity contribution is 0.914. The summed E-state index contributed by atoms with van der Waals surface area (Å²) in [4.78, 5) is 0. The highest BCUT2D eigenvalue weighted by molar-refractivity contribution is 5.05. The lowest BCUT2D eigenvalue weighted by Gasteiger charge is -2.00. The average molecular weight is 221 g/mol. The number of nitrogens with two attached hydrogens (primary N) is 1. The normalized spacial score (nSPS) is 12.8. The zero-order valence-corrected chi connectivity index (χ0v) is 11.3. The fourth-order valence-electron chi connectivity index (χ4n) is 1.54. The molecule has 0 saturated heterocycles. The van der Waals surface area contributed by atoms with Crippen LogP contribution in [-0.2, 0) is 0 Å². The minimum absolute atomic E-state index is 0.662. The topological polar surface area (TPSA) is 26.0 Å². The first-order chi connectivity index (χ1) is 7.56. The lowest BCUT2D eigenvalue weighted by Crippen LogP contribution is -1.94. The van der Waals surface area contributed by atoms with Gasteiger partial charge < -0.3 is 5.73 Å². The monoisotopic (exact) mass is 221 g/mol. The van der Waals surface area contributed by atoms with Crippen LogP contribution in [0.1, 0.15) is 53.4 Å². The molecule has 0 unspecified atom stereocenters. The van der Waals surface area contributed by atoms with Crippen LogP contribution in [0.5, 0.6) is 0 Å². The van der Waals surface area contributed by atoms with Crippen molar-refractivity contribution < 1.29 is 0 Å². The molecule has 16 heavy (non-hydrogen) atoms. The summed E-state index contributed by atoms with van der Waals surface area (Å²) in [6.07, 6.45) is 11.4. The maximum Gasteiger partial charge on any atom is 0.0109 e. The molecule has 0 radical (unpaired) electrons. The smallest absolute Gasteiger partial charge is 0.0109 e. The highest BCUT2D eigenvalue weighted by atomic mass is 14.5. The Morgan fingerprint density at radius 1 is 0.812 bits per heavy atom. The Labute approximate surface area is 101 Å². The average Bonchev–Trinajstić information content (AvgIpc) is 2.17. The van der Waals surface area contributed by atoms with Crippen LogP contribution in [0.2, 0.25) is 0 Å². The lowest BCUT2D eigenvalue weighted by atomic mass is 10.1. The SMILES string of the molecule is CC(C)=CCC/C(C)=C\CC/C(C)=C\CN. The van der Waals surface area contributed by atoms with E-state index in [9.17, 15) is 0 Å². The van der Waals surface area contributed by atoms with E-state index < -0.39 is 0 Å². The Hall–Kier alpha value is -0.820. The molecular formula is C15H27N. The molecule has 0 amide bonds. The van der Waals surface area contributed by atoms with Gasteiger partial charge in [0.15, 0.2) is 0 Å². The molecule has 0 aliphatic carbocycles. The van der Waals surface area contributed by atoms with Crippen LogP contribution in [0, 0.1) is 0 Å². The number of allylic oxidation sites excluding steroid dienone is 5. The van der Waals surface area contributed by atoms with Crippen LogP contribution < -0.4 is 5.73 Å². The van der Waals surface area contributed by atoms with Crippen LogP contribution in [0.25, 0.3) is 0 Å². The fraction of sp³-hybridized carbons (Fsp3) is 0.600. The minimum Gasteiger partial charge on any atom is -0.327 e. The van der Waals surface area contributed by atoms with Gasteiger partial charge in [0, 0.05) is 6.54 Å². The molecule has 0 aromatic rings. The van der Waals surface area contributed by atoms with Gasteiger partial charge in [-0.05, 0) is 53.4 Å². The second kappa shape index (κ2) is 9.41. The van der Waals surface area contributed by atoms with Crippen molar-refractivity contribution in [3.63, 3.8) is 0 Å². The molecule has 0 aliphatic heterocycles. The molecule has 0 aliphatic rings. The van der Waals surface area contributed by atoms with Gasteiger partial charge in [0.2, 0.25) is 0 Å². The van der Waals surface area contributed by atoms with Gasteiger partial charge in [-0.2, -0.15) is 0 Å². The van der Waals surface area contributed by atoms with Gasteiger partial charge in [0.1, 0.15) is 0 Å². The Bertz CT molecular complexity index is 265. The third kappa shape index (κ3) is 9.72. The minimum atomic E-state index is 0.662. The molecule has 0 heterocycles. The molecule has 0 spiro atoms. The first-order valence-corrected chi connectivity index (χ1v) is 6.21. The van der Waals surface area contributed by atoms with Gasteiger partial charge in [-0.1, -0.05) is 34.9 Å². The quantitative estimate of drug-likeness (QED) is 0.635. The van der Waals surface area contributed by atoms with Crippen molar-refractivity contribution in [1.29, 1.82) is 0 Å². The second-order valence-electron chi connectivity index (χ2n) is 4.70. The van der Waals surface area contributed by atoms with Crippen molar-refractivity contribution >= 4 is 0 Å². The molecule has 0 aromatic carbocycles. The van der Waals surface area contributed by atoms with Gasteiger partial charge >= 0.3 is 0 Å². The van der Waals surface area contributed by atoms with Crippen molar-refractivity contribution in [3.05, 3.63) is 34.9 Å². The van der Waals surface area contributed by atoms with E-state index in [1.165, 1.54) is 29.6 Å². The first-order valence-electron chi connectivity index (χ1n) is 6.21. The number of hydrogen-bond donors (Lipinski definition) is 1. The largest absolute Gasteiger partial charge is 0.327 e. The molecule has 0 bridgehead atoms. The maximum atomic E-state index is 5.46. The predicted molar refractivity (Wildman–Crippen MR) is 74.5 cm³/mol. The van der Waals surface area contributed by atoms with Gasteiger partial charge in [-0.25, -0.2) is 0 Å². The molecule has 2 N–H and O–H groups in total. The molecule has 0 atom stereocenters. The van der Waals surface area contributed by atoms with Gasteiger partial charge in [-0.15, -0.1) is 0 Å². The summed E-state index contributed by atoms with van der Waals surface area (Å²) in [7, 11) is 0. The Balaban J connectivity index is 3.79. The Morgan fingerprint density at radius 2 is 1.31 bits per heavy atom. The van der Waals surface area contributed by atoms with Crippen LogP contribution in [-0.4, -0.2) is 6.54 Å². The number of rotatable bonds is 7. The van der Waals surface area contributed by atoms with E-state index in [1.54, 1.807) is 0 Å². The number of hydrogen-bond acceptors (Lipinski definition) is 1. The van der Waals surface area contributed by atoms with E-state index in [0.29, 0.717) is 6.54 Å². The van der Waals surface area contributed by atoms with Crippen molar-refractivity contribution in [2.45, 2.75) is 53.4 Å². The van der Waals surface area contributed by atoms with Gasteiger partial charge in [-0.3, -0.25) is 0 Å². The molecule has 0 saturated carbocycles. The molecule has 92 valence electrons. The summed E-state index contributed by atoms with van der Waals surface area (Å²) >= 11 is 0. The van der Waals surface area contributed by atoms with Crippen molar-refractivity contribution in [1.82, 2.24) is 0 Å². The standard InChI is InChI=1S/C15H27N/c1-13(2)7-5-8-14(3)9-6-10-15(4)11-12-16/h7,9,11H,5-6,8,10,12,16H2,1-4H3/b14-9-,15-11-. The third-order valence-corrected chi connectivity index (χ3v) is 2.59. The Kier molecular flexibility index (Phi) is 8.93. The van der Waals surface area contributed by atoms with Gasteiger partial charge in [0.25, 0.3) is 0 Å². The van der Waals surface area contributed by atoms with Crippen LogP contribution in [0.15, 0.2) is 34.9 Å². The summed E-state index contributed by atoms with van der Waals surface area (Å²) in [5.74, 6) is 0. The maximum absolute atomic E-state index is 5.46. The third-order valence-electron chi connectivity index (χ3n) is 2.59. The molecule has 0 aromatic heterocycles. The Morgan fingerprint density at radius 3 is 1.81 bits per heavy atom. The van der Waals surface area contributed by atoms with Crippen LogP contribution >= 0.6 is 0 Å². The van der Waals surface area contributed by atoms with Crippen molar-refractivity contribution in [2.24, 2.45) is 5.73 Å². The summed E-state index contributed by atoms with van der Waals surface area (Å²) in [6, 6.07) is 0. The molecular weight excluding hydrogens is 194 g/mol. The molecule has 0 rings (SSSR count). The summed E-state index contributed by atoms with van der Waals surface area (Å²) in [5, 5.41) is 0. The molecule has 0 fully saturated rings. The van der Waals surface area contributed by atoms with E-state index in [2.05, 4.69) is 45.9 Å². The summed E-state index contributed by atoms with van der Waals surface area (Å²) in [5.41, 5.74) is 9.77. The zero-order chi connectivity index (χ0) is 12.4. The van der Waals surface area contributed by atoms with E-state index in [4.69, 9.17) is 5.73 Å². The van der Waals surface area contributed by atoms with Crippen molar-refractivity contribution in [3.8, 4) is 0 Å². The first kappa shape index (κ1) is 15.2. The van der Waals surface area contributed by atoms with Crippen molar-refractivity contribution in [2.75, 3.05) is 6.54 Å². The van der Waals surface area contributed by atoms with Gasteiger partial charge in [0.05, 0.1) is 0 Å². The second-order valence-corrected chi connectivity index (χ2v) is 4.70. The summed E-state index contributed by atoms with van der Waals surface area (Å²) < 4.78 is 0. The zero-order valence-electron chi connectivity index (χ0n) is 11.3. The molecule has 1 heteroatoms. The van der Waals surface area contributed by atoms with E-state index in [0.717, 1.165) is 12.8 Å². The predicted octanol–water partition coefficient (Wildman–Crippen LogP) is 4.36. The van der Waals surface area contributed by atoms with Crippen LogP contribution in [0.4, 0.5) is 0 Å². The highest BCUT2D eigenvalue weighted by Crippen LogP contribution is 2.10. The van der Waals surface area contributed by atoms with E-state index in [1.807, 2.05) is 0 Å².